The van der Waals surface area contributed by atoms with Crippen molar-refractivity contribution >= 4 is 23.3 Å². The summed E-state index contributed by atoms with van der Waals surface area (Å²) < 4.78 is 0. The standard InChI is InChI=1S/C15H19N3.ClH/c16-8-12-5-6-18(10-12)11-13-7-14-3-1-2-4-15(14)17-9-13;/h1-4,7,9,12H,5-6,8,10-11,16H2;1H. The first-order valence-corrected chi connectivity index (χ1v) is 6.61. The van der Waals surface area contributed by atoms with Crippen molar-refractivity contribution in [2.45, 2.75) is 13.0 Å². The molecule has 2 N–H and O–H groups in total. The van der Waals surface area contributed by atoms with Crippen molar-refractivity contribution in [3.8, 4) is 0 Å². The van der Waals surface area contributed by atoms with E-state index in [0.29, 0.717) is 5.92 Å². The molecule has 2 heterocycles. The van der Waals surface area contributed by atoms with Crippen LogP contribution in [0.25, 0.3) is 10.9 Å². The fraction of sp³-hybridized carbons (Fsp3) is 0.400. The largest absolute Gasteiger partial charge is 0.330 e. The molecule has 0 spiro atoms. The normalized spacial score (nSPS) is 19.5. The fourth-order valence-corrected chi connectivity index (χ4v) is 2.71. The Labute approximate surface area is 120 Å². The zero-order valence-electron chi connectivity index (χ0n) is 11.0. The Morgan fingerprint density at radius 3 is 2.95 bits per heavy atom. The van der Waals surface area contributed by atoms with Gasteiger partial charge in [-0.3, -0.25) is 9.88 Å². The Balaban J connectivity index is 0.00000133. The van der Waals surface area contributed by atoms with E-state index >= 15 is 0 Å². The second-order valence-electron chi connectivity index (χ2n) is 5.16. The van der Waals surface area contributed by atoms with E-state index in [9.17, 15) is 0 Å². The van der Waals surface area contributed by atoms with E-state index in [1.54, 1.807) is 0 Å². The van der Waals surface area contributed by atoms with E-state index < -0.39 is 0 Å². The van der Waals surface area contributed by atoms with Crippen LogP contribution in [0.5, 0.6) is 0 Å². The maximum atomic E-state index is 5.72. The lowest BCUT2D eigenvalue weighted by atomic mass is 10.1. The predicted molar refractivity (Wildman–Crippen MR) is 81.4 cm³/mol. The summed E-state index contributed by atoms with van der Waals surface area (Å²) in [5, 5.41) is 1.23. The smallest absolute Gasteiger partial charge is 0.0702 e. The maximum Gasteiger partial charge on any atom is 0.0702 e. The number of rotatable bonds is 3. The van der Waals surface area contributed by atoms with Crippen LogP contribution in [-0.4, -0.2) is 29.5 Å². The molecule has 1 unspecified atom stereocenters. The van der Waals surface area contributed by atoms with Crippen LogP contribution in [0.4, 0.5) is 0 Å². The Hall–Kier alpha value is -1.16. The number of para-hydroxylation sites is 1. The molecule has 102 valence electrons. The zero-order valence-corrected chi connectivity index (χ0v) is 11.8. The van der Waals surface area contributed by atoms with Crippen LogP contribution < -0.4 is 5.73 Å². The summed E-state index contributed by atoms with van der Waals surface area (Å²) in [7, 11) is 0. The van der Waals surface area contributed by atoms with Crippen LogP contribution in [0.2, 0.25) is 0 Å². The highest BCUT2D eigenvalue weighted by Crippen LogP contribution is 2.19. The summed E-state index contributed by atoms with van der Waals surface area (Å²) >= 11 is 0. The van der Waals surface area contributed by atoms with Gasteiger partial charge in [-0.1, -0.05) is 18.2 Å². The Morgan fingerprint density at radius 2 is 2.16 bits per heavy atom. The number of nitrogens with zero attached hydrogens (tertiary/aromatic N) is 2. The lowest BCUT2D eigenvalue weighted by molar-refractivity contribution is 0.317. The minimum absolute atomic E-state index is 0. The maximum absolute atomic E-state index is 5.72. The molecular formula is C15H20ClN3. The third kappa shape index (κ3) is 3.24. The molecule has 0 amide bonds. The highest BCUT2D eigenvalue weighted by molar-refractivity contribution is 5.85. The van der Waals surface area contributed by atoms with Crippen molar-refractivity contribution in [1.29, 1.82) is 0 Å². The quantitative estimate of drug-likeness (QED) is 0.937. The molecule has 1 fully saturated rings. The molecule has 1 aliphatic rings. The van der Waals surface area contributed by atoms with Crippen molar-refractivity contribution in [2.24, 2.45) is 11.7 Å². The van der Waals surface area contributed by atoms with Gasteiger partial charge in [0.1, 0.15) is 0 Å². The van der Waals surface area contributed by atoms with Crippen molar-refractivity contribution in [3.63, 3.8) is 0 Å². The van der Waals surface area contributed by atoms with Gasteiger partial charge in [0.25, 0.3) is 0 Å². The molecule has 4 heteroatoms. The number of benzene rings is 1. The van der Waals surface area contributed by atoms with Crippen LogP contribution in [0, 0.1) is 5.92 Å². The van der Waals surface area contributed by atoms with Gasteiger partial charge in [0.05, 0.1) is 5.52 Å². The molecule has 0 bridgehead atoms. The second kappa shape index (κ2) is 6.33. The average molecular weight is 278 g/mol. The summed E-state index contributed by atoms with van der Waals surface area (Å²) in [5.41, 5.74) is 8.09. The Kier molecular flexibility index (Phi) is 4.75. The van der Waals surface area contributed by atoms with Crippen LogP contribution in [0.15, 0.2) is 36.5 Å². The van der Waals surface area contributed by atoms with Gasteiger partial charge in [-0.05, 0) is 43.1 Å². The van der Waals surface area contributed by atoms with E-state index in [1.807, 2.05) is 12.3 Å². The first kappa shape index (κ1) is 14.3. The van der Waals surface area contributed by atoms with E-state index in [2.05, 4.69) is 34.1 Å². The number of aromatic nitrogens is 1. The summed E-state index contributed by atoms with van der Waals surface area (Å²) in [6, 6.07) is 10.5. The number of fused-ring (bicyclic) bond motifs is 1. The molecular weight excluding hydrogens is 258 g/mol. The van der Waals surface area contributed by atoms with Gasteiger partial charge in [-0.25, -0.2) is 0 Å². The van der Waals surface area contributed by atoms with Gasteiger partial charge < -0.3 is 5.73 Å². The Bertz CT molecular complexity index is 544. The van der Waals surface area contributed by atoms with Gasteiger partial charge in [-0.2, -0.15) is 0 Å². The number of hydrogen-bond acceptors (Lipinski definition) is 3. The topological polar surface area (TPSA) is 42.1 Å². The first-order valence-electron chi connectivity index (χ1n) is 6.61. The molecule has 0 aliphatic carbocycles. The van der Waals surface area contributed by atoms with Crippen molar-refractivity contribution in [1.82, 2.24) is 9.88 Å². The van der Waals surface area contributed by atoms with Gasteiger partial charge >= 0.3 is 0 Å². The number of nitrogens with two attached hydrogens (primary N) is 1. The van der Waals surface area contributed by atoms with Crippen LogP contribution in [0.1, 0.15) is 12.0 Å². The Morgan fingerprint density at radius 1 is 1.32 bits per heavy atom. The molecule has 1 aromatic heterocycles. The highest BCUT2D eigenvalue weighted by Gasteiger charge is 2.20. The fourth-order valence-electron chi connectivity index (χ4n) is 2.71. The molecule has 1 atom stereocenters. The van der Waals surface area contributed by atoms with Crippen LogP contribution >= 0.6 is 12.4 Å². The van der Waals surface area contributed by atoms with E-state index in [1.165, 1.54) is 17.4 Å². The van der Waals surface area contributed by atoms with Gasteiger partial charge in [0.15, 0.2) is 0 Å². The third-order valence-corrected chi connectivity index (χ3v) is 3.76. The van der Waals surface area contributed by atoms with Gasteiger partial charge in [0.2, 0.25) is 0 Å². The summed E-state index contributed by atoms with van der Waals surface area (Å²) in [6.07, 6.45) is 3.23. The van der Waals surface area contributed by atoms with Crippen molar-refractivity contribution in [2.75, 3.05) is 19.6 Å². The molecule has 2 aromatic rings. The average Bonchev–Trinajstić information content (AvgIpc) is 2.86. The molecule has 3 nitrogen and oxygen atoms in total. The second-order valence-corrected chi connectivity index (χ2v) is 5.16. The number of likely N-dealkylation sites (tertiary alicyclic amines) is 1. The summed E-state index contributed by atoms with van der Waals surface area (Å²) in [5.74, 6) is 0.679. The molecule has 19 heavy (non-hydrogen) atoms. The van der Waals surface area contributed by atoms with Crippen LogP contribution in [-0.2, 0) is 6.54 Å². The van der Waals surface area contributed by atoms with Crippen molar-refractivity contribution in [3.05, 3.63) is 42.1 Å². The monoisotopic (exact) mass is 277 g/mol. The van der Waals surface area contributed by atoms with E-state index in [4.69, 9.17) is 5.73 Å². The molecule has 1 saturated heterocycles. The van der Waals surface area contributed by atoms with Crippen LogP contribution in [0.3, 0.4) is 0 Å². The predicted octanol–water partition coefficient (Wildman–Crippen LogP) is 2.44. The molecule has 0 radical (unpaired) electrons. The summed E-state index contributed by atoms with van der Waals surface area (Å²) in [4.78, 5) is 6.99. The lowest BCUT2D eigenvalue weighted by Gasteiger charge is -2.15. The lowest BCUT2D eigenvalue weighted by Crippen LogP contribution is -2.22. The number of pyridine rings is 1. The highest BCUT2D eigenvalue weighted by atomic mass is 35.5. The van der Waals surface area contributed by atoms with E-state index in [-0.39, 0.29) is 12.4 Å². The SMILES string of the molecule is Cl.NCC1CCN(Cc2cnc3ccccc3c2)C1. The van der Waals surface area contributed by atoms with Crippen molar-refractivity contribution < 1.29 is 0 Å². The van der Waals surface area contributed by atoms with E-state index in [0.717, 1.165) is 31.7 Å². The number of hydrogen-bond donors (Lipinski definition) is 1. The first-order chi connectivity index (χ1) is 8.85. The zero-order chi connectivity index (χ0) is 12.4. The summed E-state index contributed by atoms with van der Waals surface area (Å²) in [6.45, 7) is 4.10. The minimum Gasteiger partial charge on any atom is -0.330 e. The van der Waals surface area contributed by atoms with Gasteiger partial charge in [0, 0.05) is 24.7 Å². The third-order valence-electron chi connectivity index (χ3n) is 3.76. The van der Waals surface area contributed by atoms with Gasteiger partial charge in [-0.15, -0.1) is 12.4 Å². The molecule has 3 rings (SSSR count). The number of halogens is 1. The minimum atomic E-state index is 0. The molecule has 1 aromatic carbocycles. The molecule has 0 saturated carbocycles. The molecule has 1 aliphatic heterocycles.